The fourth-order valence-electron chi connectivity index (χ4n) is 2.02. The molecule has 4 nitrogen and oxygen atoms in total. The average molecular weight is 198 g/mol. The predicted molar refractivity (Wildman–Crippen MR) is 53.2 cm³/mol. The fraction of sp³-hybridized carbons (Fsp3) is 0.900. The summed E-state index contributed by atoms with van der Waals surface area (Å²) in [5.74, 6) is -0.601. The first-order chi connectivity index (χ1) is 6.62. The highest BCUT2D eigenvalue weighted by atomic mass is 16.4. The number of carbonyl (C=O) groups is 1. The molecule has 0 unspecified atom stereocenters. The average Bonchev–Trinajstić information content (AvgIpc) is 2.90. The second kappa shape index (κ2) is 3.51. The number of hydrogen-bond acceptors (Lipinski definition) is 3. The Morgan fingerprint density at radius 3 is 2.29 bits per heavy atom. The van der Waals surface area contributed by atoms with Gasteiger partial charge < -0.3 is 10.0 Å². The normalized spacial score (nSPS) is 27.5. The van der Waals surface area contributed by atoms with E-state index in [0.717, 1.165) is 45.6 Å². The second-order valence-corrected chi connectivity index (χ2v) is 4.66. The van der Waals surface area contributed by atoms with E-state index in [-0.39, 0.29) is 5.41 Å². The lowest BCUT2D eigenvalue weighted by Gasteiger charge is -2.33. The highest BCUT2D eigenvalue weighted by Gasteiger charge is 2.51. The molecule has 0 bridgehead atoms. The quantitative estimate of drug-likeness (QED) is 0.698. The minimum atomic E-state index is -0.601. The summed E-state index contributed by atoms with van der Waals surface area (Å²) in [6, 6.07) is 0. The van der Waals surface area contributed by atoms with Crippen molar-refractivity contribution in [3.63, 3.8) is 0 Å². The van der Waals surface area contributed by atoms with Gasteiger partial charge in [0.1, 0.15) is 0 Å². The van der Waals surface area contributed by atoms with Gasteiger partial charge in [0.15, 0.2) is 0 Å². The van der Waals surface area contributed by atoms with Gasteiger partial charge >= 0.3 is 5.97 Å². The van der Waals surface area contributed by atoms with E-state index in [1.165, 1.54) is 0 Å². The van der Waals surface area contributed by atoms with E-state index in [1.807, 2.05) is 0 Å². The van der Waals surface area contributed by atoms with E-state index in [2.05, 4.69) is 16.8 Å². The van der Waals surface area contributed by atoms with Crippen molar-refractivity contribution in [2.75, 3.05) is 39.8 Å². The number of likely N-dealkylation sites (N-methyl/N-ethyl adjacent to an activating group) is 1. The topological polar surface area (TPSA) is 43.8 Å². The van der Waals surface area contributed by atoms with E-state index in [4.69, 9.17) is 5.11 Å². The molecule has 1 aliphatic carbocycles. The van der Waals surface area contributed by atoms with E-state index in [0.29, 0.717) is 0 Å². The summed E-state index contributed by atoms with van der Waals surface area (Å²) in [5.41, 5.74) is -0.379. The second-order valence-electron chi connectivity index (χ2n) is 4.66. The van der Waals surface area contributed by atoms with Gasteiger partial charge in [-0.1, -0.05) is 0 Å². The maximum atomic E-state index is 11.0. The Balaban J connectivity index is 1.83. The minimum absolute atomic E-state index is 0.379. The predicted octanol–water partition coefficient (Wildman–Crippen LogP) is 0.0986. The smallest absolute Gasteiger partial charge is 0.310 e. The van der Waals surface area contributed by atoms with E-state index in [1.54, 1.807) is 0 Å². The molecule has 2 aliphatic rings. The molecule has 4 heteroatoms. The number of rotatable bonds is 3. The van der Waals surface area contributed by atoms with Gasteiger partial charge in [0.2, 0.25) is 0 Å². The Morgan fingerprint density at radius 1 is 1.29 bits per heavy atom. The van der Waals surface area contributed by atoms with Crippen molar-refractivity contribution in [2.45, 2.75) is 12.8 Å². The van der Waals surface area contributed by atoms with Gasteiger partial charge in [0.05, 0.1) is 5.41 Å². The lowest BCUT2D eigenvalue weighted by atomic mass is 10.1. The van der Waals surface area contributed by atoms with Crippen LogP contribution in [0.15, 0.2) is 0 Å². The van der Waals surface area contributed by atoms with Crippen molar-refractivity contribution in [1.29, 1.82) is 0 Å². The van der Waals surface area contributed by atoms with Crippen molar-refractivity contribution in [1.82, 2.24) is 9.80 Å². The molecule has 14 heavy (non-hydrogen) atoms. The van der Waals surface area contributed by atoms with Crippen LogP contribution in [0.25, 0.3) is 0 Å². The largest absolute Gasteiger partial charge is 0.481 e. The molecule has 0 aromatic rings. The summed E-state index contributed by atoms with van der Waals surface area (Å²) >= 11 is 0. The van der Waals surface area contributed by atoms with Gasteiger partial charge in [-0.05, 0) is 19.9 Å². The Kier molecular flexibility index (Phi) is 2.49. The van der Waals surface area contributed by atoms with E-state index >= 15 is 0 Å². The molecule has 0 radical (unpaired) electrons. The van der Waals surface area contributed by atoms with Crippen LogP contribution in [0.2, 0.25) is 0 Å². The van der Waals surface area contributed by atoms with Gasteiger partial charge in [-0.15, -0.1) is 0 Å². The third-order valence-electron chi connectivity index (χ3n) is 3.43. The van der Waals surface area contributed by atoms with Crippen molar-refractivity contribution in [3.05, 3.63) is 0 Å². The number of nitrogens with zero attached hydrogens (tertiary/aromatic N) is 2. The monoisotopic (exact) mass is 198 g/mol. The molecule has 2 fully saturated rings. The van der Waals surface area contributed by atoms with Crippen molar-refractivity contribution >= 4 is 5.97 Å². The maximum absolute atomic E-state index is 11.0. The van der Waals surface area contributed by atoms with E-state index in [9.17, 15) is 4.79 Å². The highest BCUT2D eigenvalue weighted by molar-refractivity contribution is 5.78. The van der Waals surface area contributed by atoms with Crippen LogP contribution < -0.4 is 0 Å². The molecule has 1 saturated heterocycles. The Morgan fingerprint density at radius 2 is 1.86 bits per heavy atom. The highest BCUT2D eigenvalue weighted by Crippen LogP contribution is 2.46. The standard InChI is InChI=1S/C10H18N2O2/c1-11-4-6-12(7-5-11)8-10(2-3-10)9(13)14/h2-8H2,1H3,(H,13,14). The van der Waals surface area contributed by atoms with Crippen LogP contribution in [0.3, 0.4) is 0 Å². The van der Waals surface area contributed by atoms with Gasteiger partial charge in [0, 0.05) is 32.7 Å². The van der Waals surface area contributed by atoms with Crippen LogP contribution in [0.1, 0.15) is 12.8 Å². The Labute approximate surface area is 84.5 Å². The zero-order valence-electron chi connectivity index (χ0n) is 8.70. The van der Waals surface area contributed by atoms with Gasteiger partial charge in [-0.3, -0.25) is 9.69 Å². The van der Waals surface area contributed by atoms with Crippen molar-refractivity contribution in [3.8, 4) is 0 Å². The summed E-state index contributed by atoms with van der Waals surface area (Å²) in [6.07, 6.45) is 1.74. The van der Waals surface area contributed by atoms with Gasteiger partial charge in [0.25, 0.3) is 0 Å². The molecular weight excluding hydrogens is 180 g/mol. The van der Waals surface area contributed by atoms with Crippen LogP contribution in [-0.4, -0.2) is 60.6 Å². The summed E-state index contributed by atoms with van der Waals surface area (Å²) < 4.78 is 0. The first kappa shape index (κ1) is 9.93. The number of carboxylic acid groups (broad SMARTS) is 1. The maximum Gasteiger partial charge on any atom is 0.310 e. The summed E-state index contributed by atoms with van der Waals surface area (Å²) in [6.45, 7) is 4.93. The molecule has 1 aliphatic heterocycles. The zero-order chi connectivity index (χ0) is 10.2. The zero-order valence-corrected chi connectivity index (χ0v) is 8.70. The van der Waals surface area contributed by atoms with E-state index < -0.39 is 5.97 Å². The molecule has 0 aromatic carbocycles. The first-order valence-electron chi connectivity index (χ1n) is 5.27. The number of piperazine rings is 1. The minimum Gasteiger partial charge on any atom is -0.481 e. The molecule has 0 atom stereocenters. The lowest BCUT2D eigenvalue weighted by molar-refractivity contribution is -0.144. The number of hydrogen-bond donors (Lipinski definition) is 1. The van der Waals surface area contributed by atoms with Crippen LogP contribution in [0.4, 0.5) is 0 Å². The van der Waals surface area contributed by atoms with Gasteiger partial charge in [-0.2, -0.15) is 0 Å². The molecule has 0 aromatic heterocycles. The summed E-state index contributed by atoms with van der Waals surface area (Å²) in [5, 5.41) is 9.05. The van der Waals surface area contributed by atoms with Crippen molar-refractivity contribution < 1.29 is 9.90 Å². The molecule has 1 saturated carbocycles. The van der Waals surface area contributed by atoms with Gasteiger partial charge in [-0.25, -0.2) is 0 Å². The SMILES string of the molecule is CN1CCN(CC2(C(=O)O)CC2)CC1. The lowest BCUT2D eigenvalue weighted by Crippen LogP contribution is -2.47. The number of carboxylic acids is 1. The molecule has 2 rings (SSSR count). The third kappa shape index (κ3) is 1.91. The number of aliphatic carboxylic acids is 1. The molecular formula is C10H18N2O2. The molecule has 80 valence electrons. The van der Waals surface area contributed by atoms with Crippen LogP contribution >= 0.6 is 0 Å². The molecule has 0 amide bonds. The van der Waals surface area contributed by atoms with Crippen LogP contribution in [-0.2, 0) is 4.79 Å². The summed E-state index contributed by atoms with van der Waals surface area (Å²) in [4.78, 5) is 15.6. The fourth-order valence-corrected chi connectivity index (χ4v) is 2.02. The first-order valence-corrected chi connectivity index (χ1v) is 5.27. The summed E-state index contributed by atoms with van der Waals surface area (Å²) in [7, 11) is 2.11. The Hall–Kier alpha value is -0.610. The van der Waals surface area contributed by atoms with Crippen LogP contribution in [0, 0.1) is 5.41 Å². The third-order valence-corrected chi connectivity index (χ3v) is 3.43. The van der Waals surface area contributed by atoms with Crippen LogP contribution in [0.5, 0.6) is 0 Å². The molecule has 1 heterocycles. The Bertz CT molecular complexity index is 230. The molecule has 0 spiro atoms. The van der Waals surface area contributed by atoms with Crippen molar-refractivity contribution in [2.24, 2.45) is 5.41 Å². The molecule has 1 N–H and O–H groups in total.